The highest BCUT2D eigenvalue weighted by Gasteiger charge is 2.32. The Bertz CT molecular complexity index is 246. The summed E-state index contributed by atoms with van der Waals surface area (Å²) in [7, 11) is 0. The van der Waals surface area contributed by atoms with Crippen LogP contribution in [0.25, 0.3) is 0 Å². The number of halogens is 3. The number of nitrogens with zero attached hydrogens (tertiary/aromatic N) is 2. The molecule has 62 valence electrons. The first-order chi connectivity index (χ1) is 4.97. The molecular weight excluding hydrogens is 181 g/mol. The second-order valence-corrected chi connectivity index (χ2v) is 2.67. The van der Waals surface area contributed by atoms with Crippen LogP contribution < -0.4 is 0 Å². The summed E-state index contributed by atoms with van der Waals surface area (Å²) in [5.41, 5.74) is -4.36. The minimum absolute atomic E-state index is 0.191. The molecule has 7 heteroatoms. The maximum absolute atomic E-state index is 11.6. The maximum atomic E-state index is 11.6. The summed E-state index contributed by atoms with van der Waals surface area (Å²) < 4.78 is 39.0. The van der Waals surface area contributed by atoms with Crippen molar-refractivity contribution in [3.8, 4) is 0 Å². The Hall–Kier alpha value is -0.720. The van der Waals surface area contributed by atoms with Crippen molar-refractivity contribution < 1.29 is 17.7 Å². The molecule has 0 fully saturated rings. The predicted molar refractivity (Wildman–Crippen MR) is 30.9 cm³/mol. The minimum Gasteiger partial charge on any atom is -0.327 e. The van der Waals surface area contributed by atoms with Crippen LogP contribution in [-0.4, -0.2) is 15.6 Å². The van der Waals surface area contributed by atoms with E-state index in [1.807, 2.05) is 0 Å². The van der Waals surface area contributed by atoms with E-state index in [2.05, 4.69) is 14.7 Å². The molecule has 1 heterocycles. The van der Waals surface area contributed by atoms with E-state index in [1.54, 1.807) is 0 Å². The highest BCUT2D eigenvalue weighted by Crippen LogP contribution is 2.35. The van der Waals surface area contributed by atoms with Gasteiger partial charge in [-0.25, -0.2) is 0 Å². The van der Waals surface area contributed by atoms with Gasteiger partial charge in [-0.3, -0.25) is 0 Å². The van der Waals surface area contributed by atoms with Crippen LogP contribution in [0.5, 0.6) is 0 Å². The van der Waals surface area contributed by atoms with Crippen LogP contribution in [0, 0.1) is 6.92 Å². The average Bonchev–Trinajstić information content (AvgIpc) is 2.10. The molecule has 0 saturated carbocycles. The first-order valence-corrected chi connectivity index (χ1v) is 3.35. The molecule has 0 aromatic carbocycles. The van der Waals surface area contributed by atoms with E-state index >= 15 is 0 Å². The molecule has 3 nitrogen and oxygen atoms in total. The zero-order chi connectivity index (χ0) is 8.48. The van der Waals surface area contributed by atoms with Gasteiger partial charge in [0.25, 0.3) is 5.22 Å². The lowest BCUT2D eigenvalue weighted by Crippen LogP contribution is -1.98. The van der Waals surface area contributed by atoms with Crippen LogP contribution in [0.4, 0.5) is 13.2 Å². The van der Waals surface area contributed by atoms with E-state index in [4.69, 9.17) is 0 Å². The maximum Gasteiger partial charge on any atom is 0.450 e. The Morgan fingerprint density at radius 3 is 2.45 bits per heavy atom. The van der Waals surface area contributed by atoms with E-state index < -0.39 is 22.5 Å². The zero-order valence-electron chi connectivity index (χ0n) is 5.34. The molecule has 0 bridgehead atoms. The number of hydrogen-bond donors (Lipinski definition) is 0. The van der Waals surface area contributed by atoms with Crippen LogP contribution in [0.15, 0.2) is 9.75 Å². The summed E-state index contributed by atoms with van der Waals surface area (Å²) in [6.45, 7) is 1.45. The smallest absolute Gasteiger partial charge is 0.327 e. The molecule has 1 rings (SSSR count). The molecule has 0 unspecified atom stereocenters. The Morgan fingerprint density at radius 1 is 1.45 bits per heavy atom. The molecule has 0 amide bonds. The highest BCUT2D eigenvalue weighted by molar-refractivity contribution is 7.99. The largest absolute Gasteiger partial charge is 0.450 e. The molecule has 0 aliphatic carbocycles. The van der Waals surface area contributed by atoms with Gasteiger partial charge in [-0.1, -0.05) is 5.16 Å². The second-order valence-electron chi connectivity index (χ2n) is 1.66. The summed E-state index contributed by atoms with van der Waals surface area (Å²) in [4.78, 5) is 3.36. The number of aromatic nitrogens is 2. The zero-order valence-corrected chi connectivity index (χ0v) is 6.16. The standard InChI is InChI=1S/C4H3F3N2OS/c1-2-8-3(10-9-2)11-4(5,6)7/h1H3. The van der Waals surface area contributed by atoms with E-state index in [0.29, 0.717) is 0 Å². The van der Waals surface area contributed by atoms with Crippen molar-refractivity contribution in [1.82, 2.24) is 10.1 Å². The van der Waals surface area contributed by atoms with E-state index in [9.17, 15) is 13.2 Å². The van der Waals surface area contributed by atoms with Crippen LogP contribution in [0.1, 0.15) is 5.82 Å². The topological polar surface area (TPSA) is 38.9 Å². The molecule has 0 aliphatic rings. The van der Waals surface area contributed by atoms with Gasteiger partial charge in [-0.15, -0.1) is 0 Å². The van der Waals surface area contributed by atoms with E-state index in [0.717, 1.165) is 0 Å². The third-order valence-electron chi connectivity index (χ3n) is 0.712. The van der Waals surface area contributed by atoms with Crippen LogP contribution >= 0.6 is 11.8 Å². The quantitative estimate of drug-likeness (QED) is 0.625. The Labute approximate surface area is 64.0 Å². The van der Waals surface area contributed by atoms with E-state index in [1.165, 1.54) is 6.92 Å². The number of aryl methyl sites for hydroxylation is 1. The van der Waals surface area contributed by atoms with Gasteiger partial charge >= 0.3 is 5.51 Å². The van der Waals surface area contributed by atoms with Gasteiger partial charge in [-0.05, 0) is 6.92 Å². The lowest BCUT2D eigenvalue weighted by atomic mass is 10.8. The molecule has 0 N–H and O–H groups in total. The first kappa shape index (κ1) is 8.38. The van der Waals surface area contributed by atoms with Crippen molar-refractivity contribution in [2.24, 2.45) is 0 Å². The van der Waals surface area contributed by atoms with Crippen molar-refractivity contribution in [3.63, 3.8) is 0 Å². The van der Waals surface area contributed by atoms with Crippen molar-refractivity contribution in [3.05, 3.63) is 5.82 Å². The summed E-state index contributed by atoms with van der Waals surface area (Å²) in [5, 5.41) is 2.72. The molecule has 0 aliphatic heterocycles. The number of alkyl halides is 3. The van der Waals surface area contributed by atoms with Gasteiger partial charge in [0.2, 0.25) is 0 Å². The molecule has 1 aromatic heterocycles. The Kier molecular flexibility index (Phi) is 2.08. The number of thioether (sulfide) groups is 1. The van der Waals surface area contributed by atoms with Gasteiger partial charge in [-0.2, -0.15) is 18.2 Å². The van der Waals surface area contributed by atoms with E-state index in [-0.39, 0.29) is 5.82 Å². The van der Waals surface area contributed by atoms with Gasteiger partial charge in [0.05, 0.1) is 0 Å². The van der Waals surface area contributed by atoms with Gasteiger partial charge in [0.15, 0.2) is 5.82 Å². The summed E-state index contributed by atoms with van der Waals surface area (Å²) in [6.07, 6.45) is 0. The fourth-order valence-corrected chi connectivity index (χ4v) is 0.869. The minimum atomic E-state index is -4.36. The van der Waals surface area contributed by atoms with Gasteiger partial charge < -0.3 is 4.52 Å². The predicted octanol–water partition coefficient (Wildman–Crippen LogP) is 1.99. The third-order valence-corrected chi connectivity index (χ3v) is 1.28. The van der Waals surface area contributed by atoms with Crippen molar-refractivity contribution >= 4 is 11.8 Å². The second kappa shape index (κ2) is 2.72. The average molecular weight is 184 g/mol. The first-order valence-electron chi connectivity index (χ1n) is 2.53. The van der Waals surface area contributed by atoms with Crippen LogP contribution in [0.3, 0.4) is 0 Å². The summed E-state index contributed by atoms with van der Waals surface area (Å²) >= 11 is -0.419. The molecule has 0 atom stereocenters. The molecule has 1 aromatic rings. The molecule has 0 saturated heterocycles. The van der Waals surface area contributed by atoms with Crippen LogP contribution in [-0.2, 0) is 0 Å². The van der Waals surface area contributed by atoms with Crippen molar-refractivity contribution in [2.45, 2.75) is 17.7 Å². The fraction of sp³-hybridized carbons (Fsp3) is 0.500. The molecular formula is C4H3F3N2OS. The molecule has 0 radical (unpaired) electrons. The van der Waals surface area contributed by atoms with Gasteiger partial charge in [0, 0.05) is 11.8 Å². The summed E-state index contributed by atoms with van der Waals surface area (Å²) in [6, 6.07) is 0. The SMILES string of the molecule is Cc1noc(SC(F)(F)F)n1. The Balaban J connectivity index is 2.65. The van der Waals surface area contributed by atoms with Gasteiger partial charge in [0.1, 0.15) is 0 Å². The number of rotatable bonds is 1. The lowest BCUT2D eigenvalue weighted by Gasteiger charge is -1.98. The third kappa shape index (κ3) is 2.79. The Morgan fingerprint density at radius 2 is 2.09 bits per heavy atom. The summed E-state index contributed by atoms with van der Waals surface area (Å²) in [5.74, 6) is 0.191. The monoisotopic (exact) mass is 184 g/mol. The van der Waals surface area contributed by atoms with Crippen molar-refractivity contribution in [1.29, 1.82) is 0 Å². The molecule has 0 spiro atoms. The fourth-order valence-electron chi connectivity index (χ4n) is 0.418. The lowest BCUT2D eigenvalue weighted by molar-refractivity contribution is -0.0339. The number of hydrogen-bond acceptors (Lipinski definition) is 4. The molecule has 11 heavy (non-hydrogen) atoms. The van der Waals surface area contributed by atoms with Crippen LogP contribution in [0.2, 0.25) is 0 Å². The normalized spacial score (nSPS) is 12.0. The van der Waals surface area contributed by atoms with Crippen molar-refractivity contribution in [2.75, 3.05) is 0 Å². The highest BCUT2D eigenvalue weighted by atomic mass is 32.2.